The van der Waals surface area contributed by atoms with Crippen LogP contribution in [-0.4, -0.2) is 41.2 Å². The number of carbonyl (C=O) groups excluding carboxylic acids is 2. The van der Waals surface area contributed by atoms with Gasteiger partial charge in [-0.1, -0.05) is 48.5 Å². The maximum atomic E-state index is 12.4. The van der Waals surface area contributed by atoms with Gasteiger partial charge in [-0.25, -0.2) is 0 Å². The van der Waals surface area contributed by atoms with Crippen molar-refractivity contribution in [2.45, 2.75) is 6.54 Å². The van der Waals surface area contributed by atoms with Gasteiger partial charge in [-0.3, -0.25) is 19.4 Å². The van der Waals surface area contributed by atoms with Gasteiger partial charge in [0.15, 0.2) is 0 Å². The van der Waals surface area contributed by atoms with Gasteiger partial charge in [0.1, 0.15) is 0 Å². The molecule has 0 saturated carbocycles. The first kappa shape index (κ1) is 14.5. The number of hydrogen-bond donors (Lipinski definition) is 0. The second-order valence-corrected chi connectivity index (χ2v) is 5.41. The van der Waals surface area contributed by atoms with E-state index in [2.05, 4.69) is 4.90 Å². The number of hydrogen-bond acceptors (Lipinski definition) is 3. The van der Waals surface area contributed by atoms with Crippen LogP contribution in [0, 0.1) is 0 Å². The topological polar surface area (TPSA) is 40.6 Å². The van der Waals surface area contributed by atoms with E-state index in [1.807, 2.05) is 48.5 Å². The number of imide groups is 1. The highest BCUT2D eigenvalue weighted by Crippen LogP contribution is 2.12. The monoisotopic (exact) mass is 294 g/mol. The lowest BCUT2D eigenvalue weighted by atomic mass is 10.1. The van der Waals surface area contributed by atoms with Gasteiger partial charge in [0.2, 0.25) is 5.91 Å². The third kappa shape index (κ3) is 3.23. The molecule has 2 amide bonds. The molecule has 0 N–H and O–H groups in total. The van der Waals surface area contributed by atoms with E-state index in [0.29, 0.717) is 18.7 Å². The van der Waals surface area contributed by atoms with E-state index >= 15 is 0 Å². The van der Waals surface area contributed by atoms with Crippen LogP contribution in [0.3, 0.4) is 0 Å². The van der Waals surface area contributed by atoms with Gasteiger partial charge in [-0.15, -0.1) is 0 Å². The molecule has 1 saturated heterocycles. The summed E-state index contributed by atoms with van der Waals surface area (Å²) in [5.74, 6) is -0.332. The van der Waals surface area contributed by atoms with Crippen LogP contribution in [0.15, 0.2) is 60.7 Å². The zero-order valence-electron chi connectivity index (χ0n) is 12.3. The third-order valence-electron chi connectivity index (χ3n) is 3.81. The molecule has 0 radical (unpaired) electrons. The van der Waals surface area contributed by atoms with Crippen molar-refractivity contribution in [1.82, 2.24) is 9.80 Å². The summed E-state index contributed by atoms with van der Waals surface area (Å²) >= 11 is 0. The molecule has 1 aliphatic rings. The molecule has 0 aromatic heterocycles. The average Bonchev–Trinajstić information content (AvgIpc) is 2.56. The van der Waals surface area contributed by atoms with Gasteiger partial charge >= 0.3 is 0 Å². The summed E-state index contributed by atoms with van der Waals surface area (Å²) in [6, 6.07) is 19.0. The lowest BCUT2D eigenvalue weighted by molar-refractivity contribution is -0.133. The van der Waals surface area contributed by atoms with Crippen LogP contribution in [0.25, 0.3) is 0 Å². The zero-order valence-corrected chi connectivity index (χ0v) is 12.3. The maximum Gasteiger partial charge on any atom is 0.260 e. The molecule has 0 spiro atoms. The van der Waals surface area contributed by atoms with Crippen molar-refractivity contribution in [3.8, 4) is 0 Å². The number of carbonyl (C=O) groups is 2. The Morgan fingerprint density at radius 1 is 0.909 bits per heavy atom. The van der Waals surface area contributed by atoms with Crippen LogP contribution in [0.1, 0.15) is 15.9 Å². The number of rotatable bonds is 3. The SMILES string of the molecule is O=C1CN(Cc2ccccc2)CCN1C(=O)c1ccccc1. The Balaban J connectivity index is 1.63. The van der Waals surface area contributed by atoms with E-state index in [4.69, 9.17) is 0 Å². The Labute approximate surface area is 130 Å². The van der Waals surface area contributed by atoms with Crippen molar-refractivity contribution in [2.24, 2.45) is 0 Å². The van der Waals surface area contributed by atoms with E-state index in [9.17, 15) is 9.59 Å². The van der Waals surface area contributed by atoms with Crippen molar-refractivity contribution < 1.29 is 9.59 Å². The highest BCUT2D eigenvalue weighted by atomic mass is 16.2. The summed E-state index contributed by atoms with van der Waals surface area (Å²) in [5.41, 5.74) is 1.74. The first-order valence-electron chi connectivity index (χ1n) is 7.40. The van der Waals surface area contributed by atoms with Crippen molar-refractivity contribution >= 4 is 11.8 Å². The summed E-state index contributed by atoms with van der Waals surface area (Å²) in [6.45, 7) is 2.17. The van der Waals surface area contributed by atoms with Crippen LogP contribution < -0.4 is 0 Å². The number of benzene rings is 2. The minimum Gasteiger partial charge on any atom is -0.288 e. The molecule has 3 rings (SSSR count). The standard InChI is InChI=1S/C18H18N2O2/c21-17-14-19(13-15-7-3-1-4-8-15)11-12-20(17)18(22)16-9-5-2-6-10-16/h1-10H,11-14H2. The van der Waals surface area contributed by atoms with Crippen molar-refractivity contribution in [1.29, 1.82) is 0 Å². The second-order valence-electron chi connectivity index (χ2n) is 5.41. The Kier molecular flexibility index (Phi) is 4.30. The van der Waals surface area contributed by atoms with Gasteiger partial charge in [0.05, 0.1) is 6.54 Å². The molecule has 2 aromatic rings. The van der Waals surface area contributed by atoms with Gasteiger partial charge in [0, 0.05) is 25.2 Å². The third-order valence-corrected chi connectivity index (χ3v) is 3.81. The van der Waals surface area contributed by atoms with Gasteiger partial charge < -0.3 is 0 Å². The Morgan fingerprint density at radius 2 is 1.55 bits per heavy atom. The zero-order chi connectivity index (χ0) is 15.4. The van der Waals surface area contributed by atoms with E-state index in [0.717, 1.165) is 6.54 Å². The summed E-state index contributed by atoms with van der Waals surface area (Å²) in [5, 5.41) is 0. The van der Waals surface area contributed by atoms with Crippen molar-refractivity contribution in [3.63, 3.8) is 0 Å². The molecule has 0 bridgehead atoms. The maximum absolute atomic E-state index is 12.4. The van der Waals surface area contributed by atoms with Crippen LogP contribution in [0.2, 0.25) is 0 Å². The predicted octanol–water partition coefficient (Wildman–Crippen LogP) is 2.17. The molecule has 1 fully saturated rings. The fraction of sp³-hybridized carbons (Fsp3) is 0.222. The molecule has 0 atom stereocenters. The fourth-order valence-corrected chi connectivity index (χ4v) is 2.65. The fourth-order valence-electron chi connectivity index (χ4n) is 2.65. The summed E-state index contributed by atoms with van der Waals surface area (Å²) in [6.07, 6.45) is 0. The number of nitrogens with zero attached hydrogens (tertiary/aromatic N) is 2. The lowest BCUT2D eigenvalue weighted by Gasteiger charge is -2.33. The molecular weight excluding hydrogens is 276 g/mol. The second kappa shape index (κ2) is 6.54. The smallest absolute Gasteiger partial charge is 0.260 e. The van der Waals surface area contributed by atoms with Crippen LogP contribution in [-0.2, 0) is 11.3 Å². The molecule has 4 nitrogen and oxygen atoms in total. The van der Waals surface area contributed by atoms with Crippen LogP contribution in [0.5, 0.6) is 0 Å². The van der Waals surface area contributed by atoms with E-state index in [1.165, 1.54) is 10.5 Å². The van der Waals surface area contributed by atoms with E-state index in [1.54, 1.807) is 12.1 Å². The van der Waals surface area contributed by atoms with Crippen molar-refractivity contribution in [2.75, 3.05) is 19.6 Å². The van der Waals surface area contributed by atoms with E-state index < -0.39 is 0 Å². The van der Waals surface area contributed by atoms with Crippen LogP contribution >= 0.6 is 0 Å². The Hall–Kier alpha value is -2.46. The van der Waals surface area contributed by atoms with Crippen molar-refractivity contribution in [3.05, 3.63) is 71.8 Å². The van der Waals surface area contributed by atoms with Gasteiger partial charge in [-0.05, 0) is 17.7 Å². The molecular formula is C18H18N2O2. The highest BCUT2D eigenvalue weighted by molar-refractivity contribution is 6.05. The quantitative estimate of drug-likeness (QED) is 0.815. The minimum absolute atomic E-state index is 0.129. The summed E-state index contributed by atoms with van der Waals surface area (Å²) < 4.78 is 0. The molecule has 4 heteroatoms. The Morgan fingerprint density at radius 3 is 2.18 bits per heavy atom. The summed E-state index contributed by atoms with van der Waals surface area (Å²) in [4.78, 5) is 28.1. The van der Waals surface area contributed by atoms with Crippen LogP contribution in [0.4, 0.5) is 0 Å². The van der Waals surface area contributed by atoms with Gasteiger partial charge in [0.25, 0.3) is 5.91 Å². The molecule has 0 aliphatic carbocycles. The lowest BCUT2D eigenvalue weighted by Crippen LogP contribution is -2.52. The molecule has 0 unspecified atom stereocenters. The first-order chi connectivity index (χ1) is 10.7. The first-order valence-corrected chi connectivity index (χ1v) is 7.40. The minimum atomic E-state index is -0.204. The van der Waals surface area contributed by atoms with E-state index in [-0.39, 0.29) is 18.4 Å². The molecule has 1 heterocycles. The molecule has 22 heavy (non-hydrogen) atoms. The largest absolute Gasteiger partial charge is 0.288 e. The molecule has 112 valence electrons. The number of piperazine rings is 1. The molecule has 1 aliphatic heterocycles. The number of amides is 2. The van der Waals surface area contributed by atoms with Gasteiger partial charge in [-0.2, -0.15) is 0 Å². The normalized spacial score (nSPS) is 15.8. The molecule has 2 aromatic carbocycles. The summed E-state index contributed by atoms with van der Waals surface area (Å²) in [7, 11) is 0. The average molecular weight is 294 g/mol. The Bertz CT molecular complexity index is 655. The highest BCUT2D eigenvalue weighted by Gasteiger charge is 2.29. The predicted molar refractivity (Wildman–Crippen MR) is 84.2 cm³/mol.